The molecule has 0 bridgehead atoms. The van der Waals surface area contributed by atoms with Crippen LogP contribution >= 0.6 is 0 Å². The van der Waals surface area contributed by atoms with E-state index in [9.17, 15) is 0 Å². The van der Waals surface area contributed by atoms with E-state index in [1.807, 2.05) is 0 Å². The fourth-order valence-corrected chi connectivity index (χ4v) is 2.47. The average Bonchev–Trinajstić information content (AvgIpc) is 2.60. The number of hydrogen-bond acceptors (Lipinski definition) is 0. The van der Waals surface area contributed by atoms with Gasteiger partial charge >= 0.3 is 73.0 Å². The van der Waals surface area contributed by atoms with Gasteiger partial charge in [0.15, 0.2) is 0 Å². The third-order valence-corrected chi connectivity index (χ3v) is 3.23. The first-order chi connectivity index (χ1) is 5.45. The van der Waals surface area contributed by atoms with Crippen molar-refractivity contribution in [3.8, 4) is 0 Å². The number of hydrogen-bond donors (Lipinski definition) is 0. The van der Waals surface area contributed by atoms with Gasteiger partial charge in [-0.3, -0.25) is 0 Å². The minimum atomic E-state index is 0. The maximum atomic E-state index is 2.25. The van der Waals surface area contributed by atoms with E-state index in [0.29, 0.717) is 9.70 Å². The Kier molecular flexibility index (Phi) is 4.08. The number of rotatable bonds is 2. The zero-order valence-electron chi connectivity index (χ0n) is 6.44. The van der Waals surface area contributed by atoms with Gasteiger partial charge in [-0.15, -0.1) is 0 Å². The molecule has 0 unspecified atom stereocenters. The SMILES string of the molecule is C1=C[CH]([Co][CH]2C=CC=C2)C=C1.[Co]. The van der Waals surface area contributed by atoms with Crippen molar-refractivity contribution in [2.75, 3.05) is 0 Å². The molecule has 0 saturated heterocycles. The molecule has 2 aliphatic rings. The standard InChI is InChI=1S/2C5H5.2Co/c2*1-2-4-5-3-1;;/h2*1-5H;;. The van der Waals surface area contributed by atoms with Crippen LogP contribution in [0.15, 0.2) is 48.6 Å². The molecule has 0 amide bonds. The fraction of sp³-hybridized carbons (Fsp3) is 0.200. The Bertz CT molecular complexity index is 199. The molecule has 1 radical (unpaired) electrons. The zero-order valence-corrected chi connectivity index (χ0v) is 8.52. The zero-order chi connectivity index (χ0) is 7.52. The second kappa shape index (κ2) is 4.87. The molecule has 2 rings (SSSR count). The van der Waals surface area contributed by atoms with E-state index in [0.717, 1.165) is 0 Å². The van der Waals surface area contributed by atoms with Crippen LogP contribution in [0.4, 0.5) is 0 Å². The monoisotopic (exact) mass is 248 g/mol. The van der Waals surface area contributed by atoms with Crippen molar-refractivity contribution in [2.24, 2.45) is 0 Å². The number of allylic oxidation sites excluding steroid dienone is 8. The van der Waals surface area contributed by atoms with Crippen LogP contribution in [0.3, 0.4) is 0 Å². The van der Waals surface area contributed by atoms with Crippen LogP contribution in [-0.2, 0) is 31.5 Å². The van der Waals surface area contributed by atoms with Gasteiger partial charge in [-0.25, -0.2) is 0 Å². The second-order valence-electron chi connectivity index (χ2n) is 2.48. The Morgan fingerprint density at radius 2 is 1.00 bits per heavy atom. The van der Waals surface area contributed by atoms with Crippen LogP contribution in [0.1, 0.15) is 0 Å². The van der Waals surface area contributed by atoms with Crippen molar-refractivity contribution in [3.05, 3.63) is 48.6 Å². The Labute approximate surface area is 89.7 Å². The maximum Gasteiger partial charge on any atom is 0 e. The predicted molar refractivity (Wildman–Crippen MR) is 44.1 cm³/mol. The van der Waals surface area contributed by atoms with Crippen LogP contribution in [0.2, 0.25) is 9.70 Å². The minimum Gasteiger partial charge on any atom is 0 e. The average molecular weight is 248 g/mol. The van der Waals surface area contributed by atoms with E-state index in [4.69, 9.17) is 0 Å². The van der Waals surface area contributed by atoms with Gasteiger partial charge in [-0.05, 0) is 0 Å². The van der Waals surface area contributed by atoms with Gasteiger partial charge in [-0.2, -0.15) is 0 Å². The van der Waals surface area contributed by atoms with Crippen LogP contribution < -0.4 is 0 Å². The Balaban J connectivity index is 0.000000720. The minimum absolute atomic E-state index is 0. The largest absolute Gasteiger partial charge is 0 e. The molecule has 0 fully saturated rings. The molecule has 0 saturated carbocycles. The summed E-state index contributed by atoms with van der Waals surface area (Å²) in [6, 6.07) is 0. The van der Waals surface area contributed by atoms with Crippen molar-refractivity contribution in [2.45, 2.75) is 9.70 Å². The summed E-state index contributed by atoms with van der Waals surface area (Å²) in [6.07, 6.45) is 17.5. The molecule has 2 heteroatoms. The van der Waals surface area contributed by atoms with Gasteiger partial charge in [-0.1, -0.05) is 0 Å². The quantitative estimate of drug-likeness (QED) is 0.704. The van der Waals surface area contributed by atoms with Gasteiger partial charge < -0.3 is 0 Å². The van der Waals surface area contributed by atoms with E-state index < -0.39 is 0 Å². The van der Waals surface area contributed by atoms with Gasteiger partial charge in [0.25, 0.3) is 0 Å². The maximum absolute atomic E-state index is 2.25. The third kappa shape index (κ3) is 2.49. The second-order valence-corrected chi connectivity index (χ2v) is 4.22. The summed E-state index contributed by atoms with van der Waals surface area (Å²) in [5, 5.41) is 0. The summed E-state index contributed by atoms with van der Waals surface area (Å²) in [5.74, 6) is 0. The molecule has 0 atom stereocenters. The molecule has 0 N–H and O–H groups in total. The molecule has 0 aromatic heterocycles. The molecule has 2 aliphatic carbocycles. The van der Waals surface area contributed by atoms with E-state index >= 15 is 0 Å². The molecule has 12 heavy (non-hydrogen) atoms. The van der Waals surface area contributed by atoms with Crippen LogP contribution in [0, 0.1) is 0 Å². The Hall–Kier alpha value is -0.0270. The van der Waals surface area contributed by atoms with Crippen LogP contribution in [-0.4, -0.2) is 0 Å². The topological polar surface area (TPSA) is 0 Å². The molecule has 0 nitrogen and oxygen atoms in total. The molecule has 68 valence electrons. The molecule has 0 heterocycles. The molecular formula is C10H10Co2. The molecular weight excluding hydrogens is 238 g/mol. The summed E-state index contributed by atoms with van der Waals surface area (Å²) in [4.78, 5) is 1.28. The van der Waals surface area contributed by atoms with Crippen molar-refractivity contribution in [3.63, 3.8) is 0 Å². The Morgan fingerprint density at radius 1 is 0.667 bits per heavy atom. The smallest absolute Gasteiger partial charge is 0 e. The predicted octanol–water partition coefficient (Wildman–Crippen LogP) is 2.90. The van der Waals surface area contributed by atoms with Crippen molar-refractivity contribution in [1.82, 2.24) is 0 Å². The van der Waals surface area contributed by atoms with E-state index in [1.165, 1.54) is 14.7 Å². The first-order valence-electron chi connectivity index (χ1n) is 3.72. The fourth-order valence-electron chi connectivity index (χ4n) is 1.09. The molecule has 0 aliphatic heterocycles. The van der Waals surface area contributed by atoms with E-state index in [2.05, 4.69) is 48.6 Å². The van der Waals surface area contributed by atoms with Gasteiger partial charge in [0.1, 0.15) is 0 Å². The van der Waals surface area contributed by atoms with E-state index in [1.54, 1.807) is 0 Å². The van der Waals surface area contributed by atoms with Gasteiger partial charge in [0, 0.05) is 16.8 Å². The third-order valence-electron chi connectivity index (χ3n) is 1.62. The van der Waals surface area contributed by atoms with Gasteiger partial charge in [0.05, 0.1) is 0 Å². The van der Waals surface area contributed by atoms with Crippen molar-refractivity contribution in [1.29, 1.82) is 0 Å². The summed E-state index contributed by atoms with van der Waals surface area (Å²) in [5.41, 5.74) is 0. The summed E-state index contributed by atoms with van der Waals surface area (Å²) < 4.78 is 0. The Morgan fingerprint density at radius 3 is 1.33 bits per heavy atom. The van der Waals surface area contributed by atoms with Crippen molar-refractivity contribution < 1.29 is 31.5 Å². The van der Waals surface area contributed by atoms with Crippen LogP contribution in [0.5, 0.6) is 0 Å². The first kappa shape index (κ1) is 10.1. The summed E-state index contributed by atoms with van der Waals surface area (Å²) in [6.45, 7) is 0. The van der Waals surface area contributed by atoms with E-state index in [-0.39, 0.29) is 16.8 Å². The molecule has 0 aromatic rings. The normalized spacial score (nSPS) is 21.0. The van der Waals surface area contributed by atoms with Gasteiger partial charge in [0.2, 0.25) is 0 Å². The summed E-state index contributed by atoms with van der Waals surface area (Å²) in [7, 11) is 0. The van der Waals surface area contributed by atoms with Crippen molar-refractivity contribution >= 4 is 0 Å². The first-order valence-corrected chi connectivity index (χ1v) is 4.92. The summed E-state index contributed by atoms with van der Waals surface area (Å²) >= 11 is 1.51. The molecule has 0 aromatic carbocycles. The molecule has 0 spiro atoms. The van der Waals surface area contributed by atoms with Crippen LogP contribution in [0.25, 0.3) is 0 Å².